The maximum absolute atomic E-state index is 5.58. The predicted molar refractivity (Wildman–Crippen MR) is 110 cm³/mol. The van der Waals surface area contributed by atoms with Crippen LogP contribution in [0.25, 0.3) is 0 Å². The van der Waals surface area contributed by atoms with Gasteiger partial charge in [-0.2, -0.15) is 0 Å². The molecule has 0 saturated heterocycles. The molecule has 2 N–H and O–H groups in total. The van der Waals surface area contributed by atoms with Gasteiger partial charge in [-0.15, -0.1) is 11.8 Å². The Morgan fingerprint density at radius 1 is 1.12 bits per heavy atom. The van der Waals surface area contributed by atoms with E-state index in [2.05, 4.69) is 22.8 Å². The van der Waals surface area contributed by atoms with E-state index in [1.807, 2.05) is 55.1 Å². The summed E-state index contributed by atoms with van der Waals surface area (Å²) >= 11 is 7.18. The van der Waals surface area contributed by atoms with Gasteiger partial charge < -0.3 is 20.1 Å². The zero-order chi connectivity index (χ0) is 17.9. The molecular formula is C19H24N2O2S2. The highest BCUT2D eigenvalue weighted by Crippen LogP contribution is 2.23. The van der Waals surface area contributed by atoms with E-state index in [1.165, 1.54) is 4.90 Å². The van der Waals surface area contributed by atoms with E-state index in [-0.39, 0.29) is 0 Å². The number of para-hydroxylation sites is 2. The van der Waals surface area contributed by atoms with Crippen LogP contribution in [-0.4, -0.2) is 31.1 Å². The Morgan fingerprint density at radius 3 is 2.60 bits per heavy atom. The molecule has 4 nitrogen and oxygen atoms in total. The third kappa shape index (κ3) is 6.84. The van der Waals surface area contributed by atoms with Crippen molar-refractivity contribution in [3.8, 4) is 11.5 Å². The predicted octanol–water partition coefficient (Wildman–Crippen LogP) is 4.56. The molecule has 0 radical (unpaired) electrons. The van der Waals surface area contributed by atoms with E-state index in [1.54, 1.807) is 7.11 Å². The van der Waals surface area contributed by atoms with Gasteiger partial charge in [-0.1, -0.05) is 12.1 Å². The normalized spacial score (nSPS) is 10.2. The van der Waals surface area contributed by atoms with Crippen molar-refractivity contribution in [1.82, 2.24) is 5.32 Å². The zero-order valence-corrected chi connectivity index (χ0v) is 16.2. The molecule has 0 saturated carbocycles. The van der Waals surface area contributed by atoms with Crippen molar-refractivity contribution in [2.24, 2.45) is 0 Å². The molecule has 0 fully saturated rings. The molecule has 0 atom stereocenters. The number of hydrogen-bond donors (Lipinski definition) is 2. The lowest BCUT2D eigenvalue weighted by molar-refractivity contribution is 0.342. The standard InChI is InChI=1S/C19H24N2O2S2/c1-3-23-18-8-5-4-7-17(18)21-19(24)20-13-6-14-25-16-11-9-15(22-2)10-12-16/h4-5,7-12H,3,6,13-14H2,1-2H3,(H2,20,21,24). The van der Waals surface area contributed by atoms with Gasteiger partial charge in [-0.25, -0.2) is 0 Å². The second-order valence-corrected chi connectivity index (χ2v) is 6.76. The fourth-order valence-corrected chi connectivity index (χ4v) is 3.22. The lowest BCUT2D eigenvalue weighted by Crippen LogP contribution is -2.29. The highest BCUT2D eigenvalue weighted by atomic mass is 32.2. The molecule has 6 heteroatoms. The first-order chi connectivity index (χ1) is 12.2. The van der Waals surface area contributed by atoms with E-state index in [0.717, 1.165) is 35.9 Å². The fourth-order valence-electron chi connectivity index (χ4n) is 2.15. The van der Waals surface area contributed by atoms with Crippen molar-refractivity contribution >= 4 is 34.8 Å². The average Bonchev–Trinajstić information content (AvgIpc) is 2.64. The Bertz CT molecular complexity index is 663. The van der Waals surface area contributed by atoms with Gasteiger partial charge in [-0.05, 0) is 67.7 Å². The third-order valence-corrected chi connectivity index (χ3v) is 4.71. The minimum absolute atomic E-state index is 0.613. The summed E-state index contributed by atoms with van der Waals surface area (Å²) in [6, 6.07) is 15.9. The van der Waals surface area contributed by atoms with Gasteiger partial charge in [0.15, 0.2) is 5.11 Å². The smallest absolute Gasteiger partial charge is 0.170 e. The van der Waals surface area contributed by atoms with Gasteiger partial charge in [-0.3, -0.25) is 0 Å². The molecule has 0 unspecified atom stereocenters. The van der Waals surface area contributed by atoms with E-state index >= 15 is 0 Å². The SMILES string of the molecule is CCOc1ccccc1NC(=S)NCCCSc1ccc(OC)cc1. The summed E-state index contributed by atoms with van der Waals surface area (Å²) in [6.45, 7) is 3.42. The van der Waals surface area contributed by atoms with Crippen LogP contribution < -0.4 is 20.1 Å². The number of anilines is 1. The summed E-state index contributed by atoms with van der Waals surface area (Å²) < 4.78 is 10.7. The minimum atomic E-state index is 0.613. The molecule has 25 heavy (non-hydrogen) atoms. The van der Waals surface area contributed by atoms with Crippen molar-refractivity contribution in [1.29, 1.82) is 0 Å². The van der Waals surface area contributed by atoms with E-state index in [0.29, 0.717) is 11.7 Å². The van der Waals surface area contributed by atoms with E-state index in [9.17, 15) is 0 Å². The van der Waals surface area contributed by atoms with Crippen LogP contribution in [0.15, 0.2) is 53.4 Å². The Balaban J connectivity index is 1.67. The molecule has 0 aliphatic heterocycles. The first-order valence-electron chi connectivity index (χ1n) is 8.26. The molecule has 0 aliphatic carbocycles. The van der Waals surface area contributed by atoms with Crippen molar-refractivity contribution < 1.29 is 9.47 Å². The third-order valence-electron chi connectivity index (χ3n) is 3.37. The van der Waals surface area contributed by atoms with Gasteiger partial charge in [0, 0.05) is 11.4 Å². The number of thiocarbonyl (C=S) groups is 1. The summed E-state index contributed by atoms with van der Waals surface area (Å²) in [7, 11) is 1.68. The van der Waals surface area contributed by atoms with E-state index < -0.39 is 0 Å². The molecular weight excluding hydrogens is 352 g/mol. The van der Waals surface area contributed by atoms with Crippen LogP contribution in [0.5, 0.6) is 11.5 Å². The number of thioether (sulfide) groups is 1. The molecule has 134 valence electrons. The second kappa shape index (κ2) is 10.8. The number of hydrogen-bond acceptors (Lipinski definition) is 4. The van der Waals surface area contributed by atoms with Crippen LogP contribution in [0, 0.1) is 0 Å². The van der Waals surface area contributed by atoms with Gasteiger partial charge in [0.05, 0.1) is 19.4 Å². The minimum Gasteiger partial charge on any atom is -0.497 e. The Labute approximate surface area is 159 Å². The fraction of sp³-hybridized carbons (Fsp3) is 0.316. The van der Waals surface area contributed by atoms with Crippen LogP contribution in [0.4, 0.5) is 5.69 Å². The number of rotatable bonds is 9. The number of nitrogens with one attached hydrogen (secondary N) is 2. The van der Waals surface area contributed by atoms with E-state index in [4.69, 9.17) is 21.7 Å². The largest absolute Gasteiger partial charge is 0.497 e. The highest BCUT2D eigenvalue weighted by Gasteiger charge is 2.04. The van der Waals surface area contributed by atoms with Crippen LogP contribution >= 0.6 is 24.0 Å². The van der Waals surface area contributed by atoms with Crippen LogP contribution in [0.1, 0.15) is 13.3 Å². The Morgan fingerprint density at radius 2 is 1.88 bits per heavy atom. The van der Waals surface area contributed by atoms with Crippen molar-refractivity contribution in [2.45, 2.75) is 18.2 Å². The topological polar surface area (TPSA) is 42.5 Å². The number of benzene rings is 2. The summed E-state index contributed by atoms with van der Waals surface area (Å²) in [5, 5.41) is 7.04. The quantitative estimate of drug-likeness (QED) is 0.380. The van der Waals surface area contributed by atoms with Crippen LogP contribution in [-0.2, 0) is 0 Å². The Kier molecular flexibility index (Phi) is 8.42. The molecule has 0 aliphatic rings. The average molecular weight is 377 g/mol. The molecule has 2 aromatic rings. The van der Waals surface area contributed by atoms with Crippen molar-refractivity contribution in [3.63, 3.8) is 0 Å². The highest BCUT2D eigenvalue weighted by molar-refractivity contribution is 7.99. The number of ether oxygens (including phenoxy) is 2. The second-order valence-electron chi connectivity index (χ2n) is 5.19. The first-order valence-corrected chi connectivity index (χ1v) is 9.66. The molecule has 0 amide bonds. The Hall–Kier alpha value is -1.92. The molecule has 2 aromatic carbocycles. The van der Waals surface area contributed by atoms with Gasteiger partial charge in [0.1, 0.15) is 11.5 Å². The molecule has 0 heterocycles. The van der Waals surface area contributed by atoms with Gasteiger partial charge >= 0.3 is 0 Å². The van der Waals surface area contributed by atoms with Crippen molar-refractivity contribution in [2.75, 3.05) is 31.3 Å². The zero-order valence-electron chi connectivity index (χ0n) is 14.6. The lowest BCUT2D eigenvalue weighted by atomic mass is 10.3. The summed E-state index contributed by atoms with van der Waals surface area (Å²) in [4.78, 5) is 1.24. The maximum Gasteiger partial charge on any atom is 0.170 e. The van der Waals surface area contributed by atoms with Gasteiger partial charge in [0.2, 0.25) is 0 Å². The number of methoxy groups -OCH3 is 1. The molecule has 0 aromatic heterocycles. The van der Waals surface area contributed by atoms with Crippen molar-refractivity contribution in [3.05, 3.63) is 48.5 Å². The summed E-state index contributed by atoms with van der Waals surface area (Å²) in [6.07, 6.45) is 1.02. The molecule has 2 rings (SSSR count). The lowest BCUT2D eigenvalue weighted by Gasteiger charge is -2.14. The van der Waals surface area contributed by atoms with Gasteiger partial charge in [0.25, 0.3) is 0 Å². The maximum atomic E-state index is 5.58. The monoisotopic (exact) mass is 376 g/mol. The van der Waals surface area contributed by atoms with Crippen LogP contribution in [0.2, 0.25) is 0 Å². The molecule has 0 spiro atoms. The first kappa shape index (κ1) is 19.4. The molecule has 0 bridgehead atoms. The summed E-state index contributed by atoms with van der Waals surface area (Å²) in [5.41, 5.74) is 0.884. The summed E-state index contributed by atoms with van der Waals surface area (Å²) in [5.74, 6) is 2.72. The van der Waals surface area contributed by atoms with Crippen LogP contribution in [0.3, 0.4) is 0 Å².